The fourth-order valence-electron chi connectivity index (χ4n) is 5.34. The van der Waals surface area contributed by atoms with Crippen molar-refractivity contribution in [2.24, 2.45) is 0 Å². The van der Waals surface area contributed by atoms with E-state index in [9.17, 15) is 4.79 Å². The molecule has 36 heavy (non-hydrogen) atoms. The van der Waals surface area contributed by atoms with Gasteiger partial charge < -0.3 is 15.5 Å². The maximum Gasteiger partial charge on any atom is 0.229 e. The molecule has 1 aliphatic heterocycles. The van der Waals surface area contributed by atoms with Crippen LogP contribution in [0.25, 0.3) is 0 Å². The predicted molar refractivity (Wildman–Crippen MR) is 139 cm³/mol. The molecule has 1 saturated heterocycles. The lowest BCUT2D eigenvalue weighted by atomic mass is 9.84. The zero-order valence-corrected chi connectivity index (χ0v) is 21.3. The minimum atomic E-state index is -0.334. The number of rotatable bonds is 6. The largest absolute Gasteiger partial charge is 0.322 e. The van der Waals surface area contributed by atoms with Gasteiger partial charge in [-0.1, -0.05) is 11.6 Å². The molecule has 1 aromatic carbocycles. The molecule has 2 fully saturated rings. The fraction of sp³-hybridized carbons (Fsp3) is 0.462. The highest BCUT2D eigenvalue weighted by atomic mass is 35.5. The van der Waals surface area contributed by atoms with Crippen LogP contribution in [0, 0.1) is 19.7 Å². The van der Waals surface area contributed by atoms with Crippen molar-refractivity contribution in [2.75, 3.05) is 23.7 Å². The summed E-state index contributed by atoms with van der Waals surface area (Å²) in [6, 6.07) is 5.82. The van der Waals surface area contributed by atoms with Crippen LogP contribution in [0.15, 0.2) is 24.4 Å². The molecule has 0 amide bonds. The third kappa shape index (κ3) is 5.52. The molecular weight excluding hydrogens is 481 g/mol. The van der Waals surface area contributed by atoms with E-state index in [0.717, 1.165) is 55.6 Å². The normalized spacial score (nSPS) is 17.9. The van der Waals surface area contributed by atoms with E-state index in [1.165, 1.54) is 6.20 Å². The molecular formula is C26H31ClFN7O. The number of aryl methyl sites for hydroxylation is 2. The smallest absolute Gasteiger partial charge is 0.229 e. The molecule has 10 heteroatoms. The third-order valence-electron chi connectivity index (χ3n) is 7.30. The van der Waals surface area contributed by atoms with E-state index in [2.05, 4.69) is 35.7 Å². The quantitative estimate of drug-likeness (QED) is 0.385. The number of ketones is 1. The lowest BCUT2D eigenvalue weighted by molar-refractivity contribution is -0.121. The Bertz CT molecular complexity index is 1250. The van der Waals surface area contributed by atoms with E-state index in [4.69, 9.17) is 11.6 Å². The lowest BCUT2D eigenvalue weighted by Crippen LogP contribution is -2.42. The summed E-state index contributed by atoms with van der Waals surface area (Å²) in [6.07, 6.45) is 6.83. The van der Waals surface area contributed by atoms with Gasteiger partial charge in [-0.25, -0.2) is 9.37 Å². The number of Topliss-reactive ketones (excluding diaryl/α,β-unsaturated/α-hetero) is 1. The molecule has 0 radical (unpaired) electrons. The molecule has 1 saturated carbocycles. The zero-order chi connectivity index (χ0) is 25.2. The first-order valence-corrected chi connectivity index (χ1v) is 12.9. The summed E-state index contributed by atoms with van der Waals surface area (Å²) >= 11 is 6.24. The van der Waals surface area contributed by atoms with Crippen molar-refractivity contribution in [3.63, 3.8) is 0 Å². The van der Waals surface area contributed by atoms with Crippen molar-refractivity contribution >= 4 is 40.7 Å². The number of benzene rings is 1. The zero-order valence-electron chi connectivity index (χ0n) is 20.6. The first kappa shape index (κ1) is 24.6. The number of carbonyl (C=O) groups excluding carboxylic acids is 1. The van der Waals surface area contributed by atoms with E-state index in [-0.39, 0.29) is 11.8 Å². The van der Waals surface area contributed by atoms with Crippen molar-refractivity contribution in [1.29, 1.82) is 0 Å². The average molecular weight is 512 g/mol. The summed E-state index contributed by atoms with van der Waals surface area (Å²) in [4.78, 5) is 22.7. The summed E-state index contributed by atoms with van der Waals surface area (Å²) in [5.41, 5.74) is 3.32. The second-order valence-electron chi connectivity index (χ2n) is 9.85. The first-order chi connectivity index (χ1) is 17.4. The van der Waals surface area contributed by atoms with Gasteiger partial charge in [-0.3, -0.25) is 9.89 Å². The van der Waals surface area contributed by atoms with E-state index >= 15 is 4.39 Å². The number of carbonyl (C=O) groups is 1. The molecule has 2 aliphatic rings. The number of hydrogen-bond acceptors (Lipinski definition) is 7. The van der Waals surface area contributed by atoms with E-state index in [1.807, 2.05) is 26.0 Å². The van der Waals surface area contributed by atoms with Crippen LogP contribution in [0.5, 0.6) is 0 Å². The SMILES string of the molecule is Cc1cc(Nc2nc(Nc3cc(C)c(C4CCN(C5CCC(=O)CC5)CC4)cc3F)ncc2Cl)n[nH]1. The Morgan fingerprint density at radius 2 is 1.83 bits per heavy atom. The Hall–Kier alpha value is -3.04. The minimum Gasteiger partial charge on any atom is -0.322 e. The van der Waals surface area contributed by atoms with Crippen molar-refractivity contribution in [2.45, 2.75) is 64.3 Å². The van der Waals surface area contributed by atoms with Crippen molar-refractivity contribution in [1.82, 2.24) is 25.1 Å². The topological polar surface area (TPSA) is 98.8 Å². The molecule has 190 valence electrons. The highest BCUT2D eigenvalue weighted by molar-refractivity contribution is 6.32. The highest BCUT2D eigenvalue weighted by Gasteiger charge is 2.29. The van der Waals surface area contributed by atoms with Crippen LogP contribution in [-0.4, -0.2) is 50.0 Å². The minimum absolute atomic E-state index is 0.236. The number of aromatic amines is 1. The second kappa shape index (κ2) is 10.5. The number of piperidine rings is 1. The maximum absolute atomic E-state index is 15.2. The highest BCUT2D eigenvalue weighted by Crippen LogP contribution is 2.35. The van der Waals surface area contributed by atoms with E-state index in [1.54, 1.807) is 6.07 Å². The van der Waals surface area contributed by atoms with Crippen LogP contribution in [0.2, 0.25) is 5.02 Å². The first-order valence-electron chi connectivity index (χ1n) is 12.5. The Labute approximate surface area is 215 Å². The lowest BCUT2D eigenvalue weighted by Gasteiger charge is -2.39. The number of nitrogens with one attached hydrogen (secondary N) is 3. The van der Waals surface area contributed by atoms with Crippen LogP contribution < -0.4 is 10.6 Å². The molecule has 0 unspecified atom stereocenters. The standard InChI is InChI=1S/C26H31ClFN7O/c1-15-11-23(30-26-29-14-21(27)25(32-26)31-24-12-16(2)33-34-24)22(28)13-20(15)17-7-9-35(10-8-17)18-3-5-19(36)6-4-18/h11-14,17-18H,3-10H2,1-2H3,(H3,29,30,31,32,33,34). The molecule has 0 bridgehead atoms. The molecule has 3 N–H and O–H groups in total. The summed E-state index contributed by atoms with van der Waals surface area (Å²) in [5.74, 6) is 1.58. The molecule has 8 nitrogen and oxygen atoms in total. The van der Waals surface area contributed by atoms with Gasteiger partial charge in [-0.05, 0) is 81.8 Å². The van der Waals surface area contributed by atoms with Crippen LogP contribution in [0.1, 0.15) is 61.3 Å². The fourth-order valence-corrected chi connectivity index (χ4v) is 5.47. The Balaban J connectivity index is 1.25. The summed E-state index contributed by atoms with van der Waals surface area (Å²) < 4.78 is 15.2. The maximum atomic E-state index is 15.2. The number of likely N-dealkylation sites (tertiary alicyclic amines) is 1. The van der Waals surface area contributed by atoms with Gasteiger partial charge in [0.1, 0.15) is 16.6 Å². The van der Waals surface area contributed by atoms with Crippen molar-refractivity contribution in [3.05, 3.63) is 52.1 Å². The summed E-state index contributed by atoms with van der Waals surface area (Å²) in [7, 11) is 0. The molecule has 0 atom stereocenters. The predicted octanol–water partition coefficient (Wildman–Crippen LogP) is 5.79. The number of H-pyrrole nitrogens is 1. The van der Waals surface area contributed by atoms with Gasteiger partial charge in [0.05, 0.1) is 11.9 Å². The molecule has 3 aromatic rings. The monoisotopic (exact) mass is 511 g/mol. The van der Waals surface area contributed by atoms with E-state index < -0.39 is 0 Å². The van der Waals surface area contributed by atoms with Crippen LogP contribution in [0.3, 0.4) is 0 Å². The molecule has 3 heterocycles. The number of halogens is 2. The van der Waals surface area contributed by atoms with Crippen LogP contribution in [-0.2, 0) is 4.79 Å². The molecule has 5 rings (SSSR count). The van der Waals surface area contributed by atoms with Crippen molar-refractivity contribution in [3.8, 4) is 0 Å². The summed E-state index contributed by atoms with van der Waals surface area (Å²) in [5, 5.41) is 13.4. The van der Waals surface area contributed by atoms with Crippen LogP contribution in [0.4, 0.5) is 27.7 Å². The van der Waals surface area contributed by atoms with Crippen LogP contribution >= 0.6 is 11.6 Å². The molecule has 2 aromatic heterocycles. The van der Waals surface area contributed by atoms with Crippen molar-refractivity contribution < 1.29 is 9.18 Å². The van der Waals surface area contributed by atoms with Gasteiger partial charge in [0.15, 0.2) is 11.6 Å². The molecule has 0 spiro atoms. The number of hydrogen-bond donors (Lipinski definition) is 3. The van der Waals surface area contributed by atoms with Gasteiger partial charge in [0, 0.05) is 30.6 Å². The third-order valence-corrected chi connectivity index (χ3v) is 7.57. The number of nitrogens with zero attached hydrogens (tertiary/aromatic N) is 4. The average Bonchev–Trinajstić information content (AvgIpc) is 3.28. The number of aromatic nitrogens is 4. The number of anilines is 4. The Morgan fingerprint density at radius 3 is 2.53 bits per heavy atom. The summed E-state index contributed by atoms with van der Waals surface area (Å²) in [6.45, 7) is 5.91. The van der Waals surface area contributed by atoms with Gasteiger partial charge in [-0.2, -0.15) is 10.1 Å². The second-order valence-corrected chi connectivity index (χ2v) is 10.3. The Morgan fingerprint density at radius 1 is 1.08 bits per heavy atom. The Kier molecular flexibility index (Phi) is 7.20. The molecule has 1 aliphatic carbocycles. The van der Waals surface area contributed by atoms with Gasteiger partial charge in [-0.15, -0.1) is 0 Å². The van der Waals surface area contributed by atoms with E-state index in [0.29, 0.717) is 52.9 Å². The van der Waals surface area contributed by atoms with Gasteiger partial charge >= 0.3 is 0 Å². The van der Waals surface area contributed by atoms with Gasteiger partial charge in [0.2, 0.25) is 5.95 Å². The van der Waals surface area contributed by atoms with Gasteiger partial charge in [0.25, 0.3) is 0 Å².